The van der Waals surface area contributed by atoms with E-state index in [2.05, 4.69) is 15.9 Å². The number of rotatable bonds is 3. The van der Waals surface area contributed by atoms with Gasteiger partial charge in [0.1, 0.15) is 19.0 Å². The van der Waals surface area contributed by atoms with E-state index < -0.39 is 0 Å². The Kier molecular flexibility index (Phi) is 3.92. The number of Topliss-reactive ketones (excluding diaryl/α,β-unsaturated/α-hetero) is 1. The van der Waals surface area contributed by atoms with Crippen molar-refractivity contribution in [3.63, 3.8) is 0 Å². The van der Waals surface area contributed by atoms with Crippen molar-refractivity contribution in [1.82, 2.24) is 0 Å². The summed E-state index contributed by atoms with van der Waals surface area (Å²) in [5.41, 5.74) is 1.31. The fourth-order valence-corrected chi connectivity index (χ4v) is 2.58. The molecule has 3 rings (SSSR count). The molecule has 2 aromatic carbocycles. The Morgan fingerprint density at radius 2 is 1.86 bits per heavy atom. The average molecular weight is 351 g/mol. The van der Waals surface area contributed by atoms with E-state index in [1.165, 1.54) is 6.07 Å². The normalized spacial score (nSPS) is 13.0. The minimum atomic E-state index is -0.342. The Balaban J connectivity index is 1.80. The first-order valence-electron chi connectivity index (χ1n) is 6.50. The van der Waals surface area contributed by atoms with Gasteiger partial charge in [0.2, 0.25) is 0 Å². The first-order chi connectivity index (χ1) is 10.1. The maximum absolute atomic E-state index is 13.2. The fourth-order valence-electron chi connectivity index (χ4n) is 2.15. The number of carbonyl (C=O) groups is 1. The Morgan fingerprint density at radius 1 is 1.10 bits per heavy atom. The molecule has 0 aromatic heterocycles. The Labute approximate surface area is 129 Å². The van der Waals surface area contributed by atoms with Crippen molar-refractivity contribution in [2.24, 2.45) is 0 Å². The molecule has 2 aromatic rings. The van der Waals surface area contributed by atoms with Gasteiger partial charge in [-0.3, -0.25) is 4.79 Å². The molecule has 0 bridgehead atoms. The van der Waals surface area contributed by atoms with Crippen molar-refractivity contribution in [2.75, 3.05) is 13.2 Å². The lowest BCUT2D eigenvalue weighted by molar-refractivity contribution is 0.0991. The fraction of sp³-hybridized carbons (Fsp3) is 0.188. The van der Waals surface area contributed by atoms with Crippen LogP contribution in [0.1, 0.15) is 15.9 Å². The van der Waals surface area contributed by atoms with Crippen LogP contribution in [-0.4, -0.2) is 19.0 Å². The summed E-state index contributed by atoms with van der Waals surface area (Å²) in [6.45, 7) is 0.999. The van der Waals surface area contributed by atoms with E-state index in [1.54, 1.807) is 30.3 Å². The summed E-state index contributed by atoms with van der Waals surface area (Å²) in [6, 6.07) is 9.71. The topological polar surface area (TPSA) is 35.5 Å². The van der Waals surface area contributed by atoms with Crippen LogP contribution in [0.2, 0.25) is 0 Å². The molecule has 0 spiro atoms. The molecule has 3 nitrogen and oxygen atoms in total. The van der Waals surface area contributed by atoms with Gasteiger partial charge in [-0.1, -0.05) is 6.07 Å². The summed E-state index contributed by atoms with van der Waals surface area (Å²) in [5.74, 6) is 0.853. The Morgan fingerprint density at radius 3 is 2.62 bits per heavy atom. The number of ketones is 1. The van der Waals surface area contributed by atoms with Crippen LogP contribution in [0.3, 0.4) is 0 Å². The number of fused-ring (bicyclic) bond motifs is 1. The lowest BCUT2D eigenvalue weighted by Gasteiger charge is -2.18. The highest BCUT2D eigenvalue weighted by Gasteiger charge is 2.15. The number of carbonyl (C=O) groups excluding carboxylic acids is 1. The van der Waals surface area contributed by atoms with Gasteiger partial charge in [-0.25, -0.2) is 4.39 Å². The molecular weight excluding hydrogens is 339 g/mol. The molecule has 108 valence electrons. The van der Waals surface area contributed by atoms with Gasteiger partial charge >= 0.3 is 0 Å². The third-order valence-electron chi connectivity index (χ3n) is 3.21. The first kappa shape index (κ1) is 14.1. The Hall–Kier alpha value is -1.88. The van der Waals surface area contributed by atoms with Crippen LogP contribution in [-0.2, 0) is 6.42 Å². The third-order valence-corrected chi connectivity index (χ3v) is 3.82. The van der Waals surface area contributed by atoms with Gasteiger partial charge in [0.25, 0.3) is 0 Å². The maximum Gasteiger partial charge on any atom is 0.167 e. The lowest BCUT2D eigenvalue weighted by atomic mass is 10.0. The van der Waals surface area contributed by atoms with E-state index >= 15 is 0 Å². The average Bonchev–Trinajstić information content (AvgIpc) is 2.50. The zero-order valence-corrected chi connectivity index (χ0v) is 12.7. The quantitative estimate of drug-likeness (QED) is 0.790. The molecule has 1 heterocycles. The molecule has 0 fully saturated rings. The largest absolute Gasteiger partial charge is 0.486 e. The maximum atomic E-state index is 13.2. The van der Waals surface area contributed by atoms with Gasteiger partial charge in [-0.15, -0.1) is 0 Å². The van der Waals surface area contributed by atoms with Crippen molar-refractivity contribution in [1.29, 1.82) is 0 Å². The van der Waals surface area contributed by atoms with Gasteiger partial charge in [0.15, 0.2) is 17.3 Å². The van der Waals surface area contributed by atoms with Crippen molar-refractivity contribution in [3.05, 3.63) is 57.8 Å². The second kappa shape index (κ2) is 5.85. The summed E-state index contributed by atoms with van der Waals surface area (Å²) >= 11 is 3.12. The van der Waals surface area contributed by atoms with Gasteiger partial charge < -0.3 is 9.47 Å². The summed E-state index contributed by atoms with van der Waals surface area (Å²) < 4.78 is 24.4. The van der Waals surface area contributed by atoms with E-state index in [0.29, 0.717) is 34.7 Å². The molecule has 0 N–H and O–H groups in total. The number of halogens is 2. The van der Waals surface area contributed by atoms with Crippen molar-refractivity contribution < 1.29 is 18.7 Å². The second-order valence-corrected chi connectivity index (χ2v) is 5.56. The molecule has 0 saturated heterocycles. The van der Waals surface area contributed by atoms with Gasteiger partial charge in [-0.2, -0.15) is 0 Å². The monoisotopic (exact) mass is 350 g/mol. The number of benzene rings is 2. The molecule has 5 heteroatoms. The molecule has 0 saturated carbocycles. The van der Waals surface area contributed by atoms with E-state index in [0.717, 1.165) is 5.56 Å². The van der Waals surface area contributed by atoms with Crippen LogP contribution in [0.4, 0.5) is 4.39 Å². The minimum absolute atomic E-state index is 0.0505. The molecule has 0 atom stereocenters. The van der Waals surface area contributed by atoms with Gasteiger partial charge in [0, 0.05) is 12.0 Å². The predicted molar refractivity (Wildman–Crippen MR) is 79.6 cm³/mol. The molecule has 0 aliphatic carbocycles. The summed E-state index contributed by atoms with van der Waals surface area (Å²) in [5, 5.41) is 0. The third kappa shape index (κ3) is 3.08. The number of hydrogen-bond donors (Lipinski definition) is 0. The van der Waals surface area contributed by atoms with Crippen molar-refractivity contribution in [2.45, 2.75) is 6.42 Å². The summed E-state index contributed by atoms with van der Waals surface area (Å²) in [7, 11) is 0. The van der Waals surface area contributed by atoms with Crippen LogP contribution >= 0.6 is 15.9 Å². The molecule has 0 amide bonds. The van der Waals surface area contributed by atoms with E-state index in [9.17, 15) is 9.18 Å². The van der Waals surface area contributed by atoms with Crippen molar-refractivity contribution >= 4 is 21.7 Å². The highest BCUT2D eigenvalue weighted by atomic mass is 79.9. The highest BCUT2D eigenvalue weighted by molar-refractivity contribution is 9.10. The molecule has 21 heavy (non-hydrogen) atoms. The molecule has 1 aliphatic heterocycles. The van der Waals surface area contributed by atoms with Crippen LogP contribution in [0, 0.1) is 5.82 Å². The molecule has 0 radical (unpaired) electrons. The number of hydrogen-bond acceptors (Lipinski definition) is 3. The van der Waals surface area contributed by atoms with Crippen LogP contribution in [0.5, 0.6) is 11.5 Å². The van der Waals surface area contributed by atoms with Crippen LogP contribution in [0.25, 0.3) is 0 Å². The minimum Gasteiger partial charge on any atom is -0.486 e. The number of ether oxygens (including phenoxy) is 2. The van der Waals surface area contributed by atoms with E-state index in [-0.39, 0.29) is 18.0 Å². The summed E-state index contributed by atoms with van der Waals surface area (Å²) in [4.78, 5) is 12.3. The highest BCUT2D eigenvalue weighted by Crippen LogP contribution is 2.31. The first-order valence-corrected chi connectivity index (χ1v) is 7.29. The van der Waals surface area contributed by atoms with Crippen LogP contribution < -0.4 is 9.47 Å². The molecule has 0 unspecified atom stereocenters. The van der Waals surface area contributed by atoms with Gasteiger partial charge in [-0.05, 0) is 51.8 Å². The van der Waals surface area contributed by atoms with E-state index in [4.69, 9.17) is 9.47 Å². The van der Waals surface area contributed by atoms with E-state index in [1.807, 2.05) is 0 Å². The Bertz CT molecular complexity index is 700. The lowest BCUT2D eigenvalue weighted by Crippen LogP contribution is -2.16. The molecular formula is C16H12BrFO3. The smallest absolute Gasteiger partial charge is 0.167 e. The predicted octanol–water partition coefficient (Wildman–Crippen LogP) is 3.78. The van der Waals surface area contributed by atoms with Crippen molar-refractivity contribution in [3.8, 4) is 11.5 Å². The van der Waals surface area contributed by atoms with Crippen LogP contribution in [0.15, 0.2) is 40.9 Å². The molecule has 1 aliphatic rings. The second-order valence-electron chi connectivity index (χ2n) is 4.71. The summed E-state index contributed by atoms with van der Waals surface area (Å²) in [6.07, 6.45) is 0.207. The zero-order valence-electron chi connectivity index (χ0n) is 11.1. The zero-order chi connectivity index (χ0) is 14.8. The van der Waals surface area contributed by atoms with Gasteiger partial charge in [0.05, 0.1) is 4.47 Å². The standard InChI is InChI=1S/C16H12BrFO3/c17-12-7-10(1-3-13(12)18)8-14(19)11-2-4-15-16(9-11)21-6-5-20-15/h1-4,7,9H,5-6,8H2. The SMILES string of the molecule is O=C(Cc1ccc(F)c(Br)c1)c1ccc2c(c1)OCCO2.